The fourth-order valence-corrected chi connectivity index (χ4v) is 1.57. The second kappa shape index (κ2) is 7.71. The molecule has 17 heavy (non-hydrogen) atoms. The second-order valence-electron chi connectivity index (χ2n) is 3.54. The van der Waals surface area contributed by atoms with Crippen molar-refractivity contribution in [1.29, 1.82) is 0 Å². The molecule has 0 spiro atoms. The van der Waals surface area contributed by atoms with Crippen LogP contribution in [0.3, 0.4) is 0 Å². The molecule has 0 bridgehead atoms. The quantitative estimate of drug-likeness (QED) is 0.811. The Kier molecular flexibility index (Phi) is 6.58. The maximum Gasteiger partial charge on any atom is 0.138 e. The summed E-state index contributed by atoms with van der Waals surface area (Å²) in [5.41, 5.74) is 0. The molecule has 5 heteroatoms. The lowest BCUT2D eigenvalue weighted by Crippen LogP contribution is -2.32. The topological polar surface area (TPSA) is 41.5 Å². The van der Waals surface area contributed by atoms with E-state index >= 15 is 0 Å². The zero-order valence-corrected chi connectivity index (χ0v) is 11.7. The zero-order chi connectivity index (χ0) is 12.7. The molecule has 1 aromatic carbocycles. The number of hydrogen-bond acceptors (Lipinski definition) is 3. The summed E-state index contributed by atoms with van der Waals surface area (Å²) >= 11 is 9.14. The van der Waals surface area contributed by atoms with Gasteiger partial charge in [-0.25, -0.2) is 0 Å². The molecular weight excluding hydrogens is 305 g/mol. The highest BCUT2D eigenvalue weighted by atomic mass is 79.9. The predicted molar refractivity (Wildman–Crippen MR) is 73.9 cm³/mol. The SMILES string of the molecule is C=C(Br)CNCC(O)COc1ccccc1Cl. The van der Waals surface area contributed by atoms with Crippen LogP contribution in [0.5, 0.6) is 5.75 Å². The van der Waals surface area contributed by atoms with Gasteiger partial charge in [0.15, 0.2) is 0 Å². The maximum absolute atomic E-state index is 9.64. The summed E-state index contributed by atoms with van der Waals surface area (Å²) in [7, 11) is 0. The standard InChI is InChI=1S/C12H15BrClNO2/c1-9(13)6-15-7-10(16)8-17-12-5-3-2-4-11(12)14/h2-5,10,15-16H,1,6-8H2. The third-order valence-electron chi connectivity index (χ3n) is 1.96. The number of aliphatic hydroxyl groups is 1. The van der Waals surface area contributed by atoms with Gasteiger partial charge in [0.2, 0.25) is 0 Å². The molecule has 1 rings (SSSR count). The highest BCUT2D eigenvalue weighted by Gasteiger charge is 2.06. The van der Waals surface area contributed by atoms with E-state index in [2.05, 4.69) is 27.8 Å². The second-order valence-corrected chi connectivity index (χ2v) is 5.07. The van der Waals surface area contributed by atoms with Crippen molar-refractivity contribution in [2.45, 2.75) is 6.10 Å². The Labute approximate surface area is 115 Å². The molecule has 0 saturated carbocycles. The number of rotatable bonds is 7. The van der Waals surface area contributed by atoms with Gasteiger partial charge < -0.3 is 15.2 Å². The molecule has 0 amide bonds. The molecule has 1 aromatic rings. The van der Waals surface area contributed by atoms with Crippen molar-refractivity contribution >= 4 is 27.5 Å². The molecule has 3 nitrogen and oxygen atoms in total. The van der Waals surface area contributed by atoms with Gasteiger partial charge in [-0.15, -0.1) is 0 Å². The number of aliphatic hydroxyl groups excluding tert-OH is 1. The molecule has 0 aliphatic heterocycles. The summed E-state index contributed by atoms with van der Waals surface area (Å²) in [5, 5.41) is 13.2. The third-order valence-corrected chi connectivity index (χ3v) is 2.56. The van der Waals surface area contributed by atoms with E-state index in [1.165, 1.54) is 0 Å². The van der Waals surface area contributed by atoms with E-state index in [1.54, 1.807) is 12.1 Å². The molecule has 0 aliphatic carbocycles. The number of para-hydroxylation sites is 1. The molecule has 0 fully saturated rings. The largest absolute Gasteiger partial charge is 0.489 e. The zero-order valence-electron chi connectivity index (χ0n) is 9.33. The van der Waals surface area contributed by atoms with Crippen molar-refractivity contribution < 1.29 is 9.84 Å². The summed E-state index contributed by atoms with van der Waals surface area (Å²) in [4.78, 5) is 0. The third kappa shape index (κ3) is 6.07. The van der Waals surface area contributed by atoms with E-state index in [1.807, 2.05) is 12.1 Å². The highest BCUT2D eigenvalue weighted by Crippen LogP contribution is 2.22. The van der Waals surface area contributed by atoms with Crippen molar-refractivity contribution in [3.05, 3.63) is 40.3 Å². The molecule has 0 aromatic heterocycles. The molecule has 1 unspecified atom stereocenters. The lowest BCUT2D eigenvalue weighted by atomic mass is 10.3. The van der Waals surface area contributed by atoms with Crippen LogP contribution in [0.2, 0.25) is 5.02 Å². The Morgan fingerprint density at radius 2 is 2.24 bits per heavy atom. The van der Waals surface area contributed by atoms with Crippen molar-refractivity contribution in [3.63, 3.8) is 0 Å². The van der Waals surface area contributed by atoms with E-state index in [0.717, 1.165) is 4.48 Å². The first kappa shape index (κ1) is 14.5. The van der Waals surface area contributed by atoms with Crippen LogP contribution in [0, 0.1) is 0 Å². The van der Waals surface area contributed by atoms with Crippen LogP contribution in [0.25, 0.3) is 0 Å². The lowest BCUT2D eigenvalue weighted by Gasteiger charge is -2.13. The van der Waals surface area contributed by atoms with Gasteiger partial charge in [0, 0.05) is 17.6 Å². The molecule has 2 N–H and O–H groups in total. The fraction of sp³-hybridized carbons (Fsp3) is 0.333. The van der Waals surface area contributed by atoms with E-state index < -0.39 is 6.10 Å². The first-order valence-corrected chi connectivity index (χ1v) is 6.36. The van der Waals surface area contributed by atoms with Crippen molar-refractivity contribution in [2.24, 2.45) is 0 Å². The summed E-state index contributed by atoms with van der Waals surface area (Å²) in [6, 6.07) is 7.18. The molecule has 1 atom stereocenters. The van der Waals surface area contributed by atoms with Gasteiger partial charge in [-0.05, 0) is 12.1 Å². The normalized spacial score (nSPS) is 12.2. The van der Waals surface area contributed by atoms with Crippen LogP contribution in [0.1, 0.15) is 0 Å². The van der Waals surface area contributed by atoms with Crippen LogP contribution in [0.4, 0.5) is 0 Å². The fourth-order valence-electron chi connectivity index (χ4n) is 1.18. The molecular formula is C12H15BrClNO2. The summed E-state index contributed by atoms with van der Waals surface area (Å²) in [5.74, 6) is 0.582. The van der Waals surface area contributed by atoms with Crippen LogP contribution >= 0.6 is 27.5 Å². The van der Waals surface area contributed by atoms with Crippen molar-refractivity contribution in [2.75, 3.05) is 19.7 Å². The Morgan fingerprint density at radius 3 is 2.88 bits per heavy atom. The van der Waals surface area contributed by atoms with Crippen LogP contribution < -0.4 is 10.1 Å². The smallest absolute Gasteiger partial charge is 0.138 e. The van der Waals surface area contributed by atoms with E-state index in [9.17, 15) is 5.11 Å². The van der Waals surface area contributed by atoms with Crippen molar-refractivity contribution in [1.82, 2.24) is 5.32 Å². The number of benzene rings is 1. The minimum Gasteiger partial charge on any atom is -0.489 e. The summed E-state index contributed by atoms with van der Waals surface area (Å²) < 4.78 is 6.24. The summed E-state index contributed by atoms with van der Waals surface area (Å²) in [6.45, 7) is 4.93. The Bertz CT molecular complexity index is 373. The van der Waals surface area contributed by atoms with Gasteiger partial charge in [0.05, 0.1) is 5.02 Å². The van der Waals surface area contributed by atoms with Gasteiger partial charge in [-0.1, -0.05) is 46.2 Å². The average molecular weight is 321 g/mol. The number of ether oxygens (including phenoxy) is 1. The molecule has 94 valence electrons. The number of halogens is 2. The first-order chi connectivity index (χ1) is 8.09. The van der Waals surface area contributed by atoms with E-state index in [0.29, 0.717) is 23.9 Å². The van der Waals surface area contributed by atoms with Gasteiger partial charge >= 0.3 is 0 Å². The lowest BCUT2D eigenvalue weighted by molar-refractivity contribution is 0.107. The van der Waals surface area contributed by atoms with Gasteiger partial charge in [0.25, 0.3) is 0 Å². The Hall–Kier alpha value is -0.550. The molecule has 0 aliphatic rings. The van der Waals surface area contributed by atoms with Crippen LogP contribution in [-0.4, -0.2) is 30.9 Å². The molecule has 0 saturated heterocycles. The minimum atomic E-state index is -0.585. The first-order valence-electron chi connectivity index (χ1n) is 5.19. The monoisotopic (exact) mass is 319 g/mol. The van der Waals surface area contributed by atoms with Crippen LogP contribution in [0.15, 0.2) is 35.3 Å². The van der Waals surface area contributed by atoms with Gasteiger partial charge in [0.1, 0.15) is 18.5 Å². The summed E-state index contributed by atoms with van der Waals surface area (Å²) in [6.07, 6.45) is -0.585. The highest BCUT2D eigenvalue weighted by molar-refractivity contribution is 9.11. The number of hydrogen-bond donors (Lipinski definition) is 2. The Morgan fingerprint density at radius 1 is 1.53 bits per heavy atom. The minimum absolute atomic E-state index is 0.200. The van der Waals surface area contributed by atoms with Crippen LogP contribution in [-0.2, 0) is 0 Å². The number of nitrogens with one attached hydrogen (secondary N) is 1. The average Bonchev–Trinajstić information content (AvgIpc) is 2.27. The van der Waals surface area contributed by atoms with Gasteiger partial charge in [-0.3, -0.25) is 0 Å². The molecule has 0 heterocycles. The van der Waals surface area contributed by atoms with E-state index in [4.69, 9.17) is 16.3 Å². The molecule has 0 radical (unpaired) electrons. The van der Waals surface area contributed by atoms with Crippen molar-refractivity contribution in [3.8, 4) is 5.75 Å². The maximum atomic E-state index is 9.64. The predicted octanol–water partition coefficient (Wildman–Crippen LogP) is 2.58. The van der Waals surface area contributed by atoms with Gasteiger partial charge in [-0.2, -0.15) is 0 Å². The Balaban J connectivity index is 2.26. The van der Waals surface area contributed by atoms with E-state index in [-0.39, 0.29) is 6.61 Å².